The molecule has 0 bridgehead atoms. The number of sulfonamides is 1. The molecule has 0 saturated carbocycles. The molecule has 0 aromatic heterocycles. The van der Waals surface area contributed by atoms with E-state index in [2.05, 4.69) is 27.3 Å². The van der Waals surface area contributed by atoms with Crippen LogP contribution in [0, 0.1) is 3.57 Å². The van der Waals surface area contributed by atoms with E-state index in [0.29, 0.717) is 5.75 Å². The normalized spacial score (nSPS) is 13.4. The fourth-order valence-corrected chi connectivity index (χ4v) is 1.88. The molecular weight excluding hydrogens is 357 g/mol. The van der Waals surface area contributed by atoms with Crippen molar-refractivity contribution in [3.8, 4) is 5.75 Å². The van der Waals surface area contributed by atoms with E-state index < -0.39 is 16.1 Å². The van der Waals surface area contributed by atoms with Crippen LogP contribution < -0.4 is 9.46 Å². The fraction of sp³-hybridized carbons (Fsp3) is 0.400. The first kappa shape index (κ1) is 14.7. The van der Waals surface area contributed by atoms with Gasteiger partial charge in [-0.15, -0.1) is 0 Å². The molecule has 17 heavy (non-hydrogen) atoms. The van der Waals surface area contributed by atoms with Crippen LogP contribution in [-0.2, 0) is 10.0 Å². The van der Waals surface area contributed by atoms with E-state index in [1.807, 2.05) is 12.1 Å². The summed E-state index contributed by atoms with van der Waals surface area (Å²) >= 11 is 2.18. The number of halogens is 1. The third kappa shape index (κ3) is 6.81. The number of benzene rings is 1. The summed E-state index contributed by atoms with van der Waals surface area (Å²) < 4.78 is 30.2. The summed E-state index contributed by atoms with van der Waals surface area (Å²) in [5, 5.41) is 9.47. The highest BCUT2D eigenvalue weighted by atomic mass is 127. The zero-order chi connectivity index (χ0) is 12.9. The highest BCUT2D eigenvalue weighted by Gasteiger charge is 2.08. The van der Waals surface area contributed by atoms with E-state index in [0.717, 1.165) is 9.83 Å². The van der Waals surface area contributed by atoms with Gasteiger partial charge in [-0.3, -0.25) is 0 Å². The summed E-state index contributed by atoms with van der Waals surface area (Å²) in [6, 6.07) is 7.35. The van der Waals surface area contributed by atoms with Crippen LogP contribution in [0.1, 0.15) is 0 Å². The van der Waals surface area contributed by atoms with E-state index in [1.54, 1.807) is 12.1 Å². The van der Waals surface area contributed by atoms with E-state index in [1.165, 1.54) is 0 Å². The second-order valence-corrected chi connectivity index (χ2v) is 6.62. The van der Waals surface area contributed by atoms with Crippen LogP contribution in [0.25, 0.3) is 0 Å². The Morgan fingerprint density at radius 1 is 1.41 bits per heavy atom. The lowest BCUT2D eigenvalue weighted by atomic mass is 10.3. The molecule has 7 heteroatoms. The third-order valence-electron chi connectivity index (χ3n) is 1.84. The smallest absolute Gasteiger partial charge is 0.208 e. The summed E-state index contributed by atoms with van der Waals surface area (Å²) in [4.78, 5) is 0. The number of hydrogen-bond donors (Lipinski definition) is 2. The zero-order valence-electron chi connectivity index (χ0n) is 9.26. The number of aliphatic hydroxyl groups is 1. The van der Waals surface area contributed by atoms with Gasteiger partial charge in [0, 0.05) is 10.1 Å². The molecule has 0 amide bonds. The maximum atomic E-state index is 10.8. The molecule has 0 spiro atoms. The van der Waals surface area contributed by atoms with Crippen LogP contribution in [0.5, 0.6) is 5.75 Å². The standard InChI is InChI=1S/C10H14INO4S/c1-17(14,15)12-6-9(13)7-16-10-4-2-8(11)3-5-10/h2-5,9,12-13H,6-7H2,1H3. The van der Waals surface area contributed by atoms with Gasteiger partial charge in [0.25, 0.3) is 0 Å². The van der Waals surface area contributed by atoms with Gasteiger partial charge < -0.3 is 9.84 Å². The van der Waals surface area contributed by atoms with Crippen molar-refractivity contribution in [3.63, 3.8) is 0 Å². The minimum absolute atomic E-state index is 0.0448. The minimum atomic E-state index is -3.27. The summed E-state index contributed by atoms with van der Waals surface area (Å²) in [7, 11) is -3.27. The monoisotopic (exact) mass is 371 g/mol. The number of hydrogen-bond acceptors (Lipinski definition) is 4. The van der Waals surface area contributed by atoms with Crippen LogP contribution in [0.2, 0.25) is 0 Å². The second kappa shape index (κ2) is 6.53. The van der Waals surface area contributed by atoms with Gasteiger partial charge >= 0.3 is 0 Å². The Morgan fingerprint density at radius 3 is 2.53 bits per heavy atom. The van der Waals surface area contributed by atoms with Crippen LogP contribution in [-0.4, -0.2) is 39.0 Å². The van der Waals surface area contributed by atoms with Crippen molar-refractivity contribution in [2.75, 3.05) is 19.4 Å². The van der Waals surface area contributed by atoms with Gasteiger partial charge in [-0.2, -0.15) is 0 Å². The molecule has 0 saturated heterocycles. The predicted octanol–water partition coefficient (Wildman–Crippen LogP) is 0.580. The summed E-state index contributed by atoms with van der Waals surface area (Å²) in [5.41, 5.74) is 0. The first-order chi connectivity index (χ1) is 7.87. The number of rotatable bonds is 6. The molecule has 1 rings (SSSR count). The van der Waals surface area contributed by atoms with Gasteiger partial charge in [-0.05, 0) is 46.9 Å². The summed E-state index contributed by atoms with van der Waals surface area (Å²) in [6.07, 6.45) is 0.170. The number of aliphatic hydroxyl groups excluding tert-OH is 1. The van der Waals surface area contributed by atoms with Gasteiger partial charge in [0.2, 0.25) is 10.0 Å². The highest BCUT2D eigenvalue weighted by Crippen LogP contribution is 2.13. The summed E-state index contributed by atoms with van der Waals surface area (Å²) in [6.45, 7) is -0.00763. The topological polar surface area (TPSA) is 75.6 Å². The van der Waals surface area contributed by atoms with E-state index in [4.69, 9.17) is 4.74 Å². The third-order valence-corrected chi connectivity index (χ3v) is 3.25. The maximum absolute atomic E-state index is 10.8. The van der Waals surface area contributed by atoms with Crippen LogP contribution >= 0.6 is 22.6 Å². The molecule has 5 nitrogen and oxygen atoms in total. The van der Waals surface area contributed by atoms with Gasteiger partial charge in [0.1, 0.15) is 18.5 Å². The molecule has 0 aliphatic heterocycles. The van der Waals surface area contributed by atoms with Crippen LogP contribution in [0.3, 0.4) is 0 Å². The molecule has 1 aromatic carbocycles. The lowest BCUT2D eigenvalue weighted by Crippen LogP contribution is -2.34. The quantitative estimate of drug-likeness (QED) is 0.718. The Kier molecular flexibility index (Phi) is 5.63. The summed E-state index contributed by atoms with van der Waals surface area (Å²) in [5.74, 6) is 0.642. The average Bonchev–Trinajstić information content (AvgIpc) is 2.25. The molecule has 0 radical (unpaired) electrons. The van der Waals surface area contributed by atoms with Crippen molar-refractivity contribution in [3.05, 3.63) is 27.8 Å². The van der Waals surface area contributed by atoms with Gasteiger partial charge in [0.15, 0.2) is 0 Å². The fourth-order valence-electron chi connectivity index (χ4n) is 1.03. The molecule has 2 N–H and O–H groups in total. The Morgan fingerprint density at radius 2 is 2.00 bits per heavy atom. The van der Waals surface area contributed by atoms with Crippen molar-refractivity contribution in [2.45, 2.75) is 6.10 Å². The lowest BCUT2D eigenvalue weighted by Gasteiger charge is -2.12. The molecule has 1 atom stereocenters. The highest BCUT2D eigenvalue weighted by molar-refractivity contribution is 14.1. The minimum Gasteiger partial charge on any atom is -0.491 e. The van der Waals surface area contributed by atoms with Crippen molar-refractivity contribution in [2.24, 2.45) is 0 Å². The first-order valence-corrected chi connectivity index (χ1v) is 7.85. The largest absolute Gasteiger partial charge is 0.491 e. The maximum Gasteiger partial charge on any atom is 0.208 e. The Bertz CT molecular complexity index is 446. The van der Waals surface area contributed by atoms with E-state index >= 15 is 0 Å². The Labute approximate surface area is 114 Å². The second-order valence-electron chi connectivity index (χ2n) is 3.54. The number of ether oxygens (including phenoxy) is 1. The molecule has 1 unspecified atom stereocenters. The van der Waals surface area contributed by atoms with Crippen molar-refractivity contribution in [1.82, 2.24) is 4.72 Å². The number of nitrogens with one attached hydrogen (secondary N) is 1. The average molecular weight is 371 g/mol. The van der Waals surface area contributed by atoms with Crippen molar-refractivity contribution >= 4 is 32.6 Å². The molecule has 0 heterocycles. The van der Waals surface area contributed by atoms with E-state index in [-0.39, 0.29) is 13.2 Å². The van der Waals surface area contributed by atoms with Gasteiger partial charge in [-0.25, -0.2) is 13.1 Å². The molecule has 0 aliphatic rings. The molecular formula is C10H14INO4S. The van der Waals surface area contributed by atoms with Gasteiger partial charge in [0.05, 0.1) is 6.26 Å². The van der Waals surface area contributed by atoms with Crippen molar-refractivity contribution in [1.29, 1.82) is 0 Å². The lowest BCUT2D eigenvalue weighted by molar-refractivity contribution is 0.111. The SMILES string of the molecule is CS(=O)(=O)NCC(O)COc1ccc(I)cc1. The van der Waals surface area contributed by atoms with Crippen LogP contribution in [0.15, 0.2) is 24.3 Å². The molecule has 0 fully saturated rings. The van der Waals surface area contributed by atoms with Gasteiger partial charge in [-0.1, -0.05) is 0 Å². The van der Waals surface area contributed by atoms with Crippen molar-refractivity contribution < 1.29 is 18.3 Å². The van der Waals surface area contributed by atoms with E-state index in [9.17, 15) is 13.5 Å². The first-order valence-electron chi connectivity index (χ1n) is 4.88. The Hall–Kier alpha value is -0.380. The van der Waals surface area contributed by atoms with Crippen LogP contribution in [0.4, 0.5) is 0 Å². The predicted molar refractivity (Wildman–Crippen MR) is 73.5 cm³/mol. The molecule has 96 valence electrons. The molecule has 0 aliphatic carbocycles. The molecule has 1 aromatic rings. The Balaban J connectivity index is 2.33. The zero-order valence-corrected chi connectivity index (χ0v) is 12.2.